The zero-order valence-corrected chi connectivity index (χ0v) is 14.0. The molecule has 2 N–H and O–H groups in total. The molecule has 2 aromatic carbocycles. The van der Waals surface area contributed by atoms with Gasteiger partial charge in [0.2, 0.25) is 0 Å². The smallest absolute Gasteiger partial charge is 0.274 e. The second kappa shape index (κ2) is 7.13. The normalized spacial score (nSPS) is 10.4. The molecule has 25 heavy (non-hydrogen) atoms. The Morgan fingerprint density at radius 2 is 1.80 bits per heavy atom. The third-order valence-corrected chi connectivity index (χ3v) is 3.78. The molecule has 0 bridgehead atoms. The average Bonchev–Trinajstić information content (AvgIpc) is 2.60. The zero-order valence-electron chi connectivity index (χ0n) is 14.0. The SMILES string of the molecule is Cc1ccc(Nc2ccnc(C(=O)Nc3ccccc3F)c2)c(C)c1. The number of rotatable bonds is 4. The number of hydrogen-bond acceptors (Lipinski definition) is 3. The second-order valence-corrected chi connectivity index (χ2v) is 5.81. The van der Waals surface area contributed by atoms with Gasteiger partial charge in [-0.3, -0.25) is 9.78 Å². The van der Waals surface area contributed by atoms with E-state index in [-0.39, 0.29) is 11.4 Å². The average molecular weight is 335 g/mol. The molecular weight excluding hydrogens is 317 g/mol. The highest BCUT2D eigenvalue weighted by atomic mass is 19.1. The Morgan fingerprint density at radius 3 is 2.56 bits per heavy atom. The number of aromatic nitrogens is 1. The van der Waals surface area contributed by atoms with E-state index in [1.807, 2.05) is 26.0 Å². The zero-order chi connectivity index (χ0) is 17.8. The molecule has 0 atom stereocenters. The van der Waals surface area contributed by atoms with Crippen molar-refractivity contribution in [1.82, 2.24) is 4.98 Å². The summed E-state index contributed by atoms with van der Waals surface area (Å²) in [4.78, 5) is 16.4. The minimum atomic E-state index is -0.486. The van der Waals surface area contributed by atoms with Gasteiger partial charge in [0.25, 0.3) is 5.91 Å². The van der Waals surface area contributed by atoms with Crippen molar-refractivity contribution in [3.63, 3.8) is 0 Å². The molecule has 0 saturated carbocycles. The van der Waals surface area contributed by atoms with Gasteiger partial charge in [0.05, 0.1) is 5.69 Å². The van der Waals surface area contributed by atoms with Crippen molar-refractivity contribution in [2.24, 2.45) is 0 Å². The van der Waals surface area contributed by atoms with Crippen molar-refractivity contribution < 1.29 is 9.18 Å². The highest BCUT2D eigenvalue weighted by Crippen LogP contribution is 2.22. The molecule has 0 radical (unpaired) electrons. The summed E-state index contributed by atoms with van der Waals surface area (Å²) in [6.07, 6.45) is 1.54. The van der Waals surface area contributed by atoms with Crippen molar-refractivity contribution in [3.05, 3.63) is 83.4 Å². The van der Waals surface area contributed by atoms with Gasteiger partial charge >= 0.3 is 0 Å². The van der Waals surface area contributed by atoms with Crippen LogP contribution in [0.1, 0.15) is 21.6 Å². The summed E-state index contributed by atoms with van der Waals surface area (Å²) in [6, 6.07) is 15.5. The molecule has 3 rings (SSSR count). The molecule has 4 nitrogen and oxygen atoms in total. The number of carbonyl (C=O) groups is 1. The van der Waals surface area contributed by atoms with Gasteiger partial charge in [-0.2, -0.15) is 0 Å². The van der Waals surface area contributed by atoms with Crippen LogP contribution in [-0.2, 0) is 0 Å². The molecular formula is C20H18FN3O. The Morgan fingerprint density at radius 1 is 1.00 bits per heavy atom. The maximum Gasteiger partial charge on any atom is 0.274 e. The van der Waals surface area contributed by atoms with Crippen molar-refractivity contribution in [2.45, 2.75) is 13.8 Å². The van der Waals surface area contributed by atoms with E-state index < -0.39 is 11.7 Å². The summed E-state index contributed by atoms with van der Waals surface area (Å²) in [5.41, 5.74) is 4.31. The van der Waals surface area contributed by atoms with Crippen molar-refractivity contribution in [2.75, 3.05) is 10.6 Å². The number of anilines is 3. The maximum absolute atomic E-state index is 13.7. The lowest BCUT2D eigenvalue weighted by Gasteiger charge is -2.11. The van der Waals surface area contributed by atoms with Gasteiger partial charge in [-0.05, 0) is 49.7 Å². The summed E-state index contributed by atoms with van der Waals surface area (Å²) in [7, 11) is 0. The molecule has 5 heteroatoms. The van der Waals surface area contributed by atoms with E-state index in [1.165, 1.54) is 17.7 Å². The number of benzene rings is 2. The van der Waals surface area contributed by atoms with Crippen molar-refractivity contribution >= 4 is 23.0 Å². The molecule has 1 heterocycles. The standard InChI is InChI=1S/C20H18FN3O/c1-13-7-8-17(14(2)11-13)23-15-9-10-22-19(12-15)20(25)24-18-6-4-3-5-16(18)21/h3-12H,1-2H3,(H,22,23)(H,24,25). The highest BCUT2D eigenvalue weighted by molar-refractivity contribution is 6.03. The molecule has 3 aromatic rings. The molecule has 0 unspecified atom stereocenters. The largest absolute Gasteiger partial charge is 0.355 e. The van der Waals surface area contributed by atoms with Crippen molar-refractivity contribution in [1.29, 1.82) is 0 Å². The van der Waals surface area contributed by atoms with Crippen LogP contribution >= 0.6 is 0 Å². The minimum absolute atomic E-state index is 0.127. The number of amides is 1. The topological polar surface area (TPSA) is 54.0 Å². The number of carbonyl (C=O) groups excluding carboxylic acids is 1. The lowest BCUT2D eigenvalue weighted by Crippen LogP contribution is -2.14. The van der Waals surface area contributed by atoms with Crippen LogP contribution in [0, 0.1) is 19.7 Å². The predicted molar refractivity (Wildman–Crippen MR) is 97.8 cm³/mol. The lowest BCUT2D eigenvalue weighted by atomic mass is 10.1. The first-order chi connectivity index (χ1) is 12.0. The Hall–Kier alpha value is -3.21. The Kier molecular flexibility index (Phi) is 4.75. The van der Waals surface area contributed by atoms with Crippen LogP contribution in [0.2, 0.25) is 0 Å². The monoisotopic (exact) mass is 335 g/mol. The third-order valence-electron chi connectivity index (χ3n) is 3.78. The van der Waals surface area contributed by atoms with Gasteiger partial charge in [0.1, 0.15) is 11.5 Å². The number of aryl methyl sites for hydroxylation is 2. The first-order valence-electron chi connectivity index (χ1n) is 7.89. The van der Waals surface area contributed by atoms with E-state index in [2.05, 4.69) is 21.7 Å². The number of pyridine rings is 1. The van der Waals surface area contributed by atoms with Crippen LogP contribution in [0.3, 0.4) is 0 Å². The minimum Gasteiger partial charge on any atom is -0.355 e. The lowest BCUT2D eigenvalue weighted by molar-refractivity contribution is 0.102. The first kappa shape index (κ1) is 16.6. The fraction of sp³-hybridized carbons (Fsp3) is 0.100. The molecule has 1 amide bonds. The van der Waals surface area contributed by atoms with Crippen LogP contribution in [0.25, 0.3) is 0 Å². The number of para-hydroxylation sites is 1. The summed E-state index contributed by atoms with van der Waals surface area (Å²) in [5, 5.41) is 5.81. The van der Waals surface area contributed by atoms with E-state index >= 15 is 0 Å². The molecule has 0 aliphatic heterocycles. The van der Waals surface area contributed by atoms with Crippen LogP contribution in [0.5, 0.6) is 0 Å². The number of nitrogens with one attached hydrogen (secondary N) is 2. The third kappa shape index (κ3) is 4.01. The molecule has 0 fully saturated rings. The summed E-state index contributed by atoms with van der Waals surface area (Å²) >= 11 is 0. The molecule has 0 saturated heterocycles. The summed E-state index contributed by atoms with van der Waals surface area (Å²) in [5.74, 6) is -0.949. The Bertz CT molecular complexity index is 924. The molecule has 0 aliphatic rings. The maximum atomic E-state index is 13.7. The van der Waals surface area contributed by atoms with Gasteiger partial charge in [-0.25, -0.2) is 4.39 Å². The van der Waals surface area contributed by atoms with Gasteiger partial charge in [-0.1, -0.05) is 29.8 Å². The van der Waals surface area contributed by atoms with Gasteiger partial charge in [0.15, 0.2) is 0 Å². The van der Waals surface area contributed by atoms with Crippen LogP contribution in [-0.4, -0.2) is 10.9 Å². The van der Waals surface area contributed by atoms with E-state index in [9.17, 15) is 9.18 Å². The van der Waals surface area contributed by atoms with Crippen LogP contribution in [0.15, 0.2) is 60.8 Å². The second-order valence-electron chi connectivity index (χ2n) is 5.81. The van der Waals surface area contributed by atoms with Crippen LogP contribution in [0.4, 0.5) is 21.5 Å². The fourth-order valence-electron chi connectivity index (χ4n) is 2.49. The van der Waals surface area contributed by atoms with Crippen LogP contribution < -0.4 is 10.6 Å². The summed E-state index contributed by atoms with van der Waals surface area (Å²) in [6.45, 7) is 4.05. The van der Waals surface area contributed by atoms with Gasteiger partial charge < -0.3 is 10.6 Å². The summed E-state index contributed by atoms with van der Waals surface area (Å²) < 4.78 is 13.7. The molecule has 0 aliphatic carbocycles. The number of nitrogens with zero attached hydrogens (tertiary/aromatic N) is 1. The Labute approximate surface area is 145 Å². The molecule has 1 aromatic heterocycles. The fourth-order valence-corrected chi connectivity index (χ4v) is 2.49. The predicted octanol–water partition coefficient (Wildman–Crippen LogP) is 4.83. The molecule has 0 spiro atoms. The highest BCUT2D eigenvalue weighted by Gasteiger charge is 2.11. The van der Waals surface area contributed by atoms with Gasteiger partial charge in [-0.15, -0.1) is 0 Å². The first-order valence-corrected chi connectivity index (χ1v) is 7.89. The van der Waals surface area contributed by atoms with E-state index in [1.54, 1.807) is 30.5 Å². The van der Waals surface area contributed by atoms with E-state index in [4.69, 9.17) is 0 Å². The van der Waals surface area contributed by atoms with Gasteiger partial charge in [0, 0.05) is 17.6 Å². The quantitative estimate of drug-likeness (QED) is 0.718. The molecule has 126 valence electrons. The van der Waals surface area contributed by atoms with E-state index in [0.29, 0.717) is 0 Å². The van der Waals surface area contributed by atoms with Crippen molar-refractivity contribution in [3.8, 4) is 0 Å². The van der Waals surface area contributed by atoms with E-state index in [0.717, 1.165) is 16.9 Å². The number of halogens is 1. The number of hydrogen-bond donors (Lipinski definition) is 2. The Balaban J connectivity index is 1.79.